The van der Waals surface area contributed by atoms with Crippen LogP contribution >= 0.6 is 11.5 Å². The Morgan fingerprint density at radius 2 is 2.35 bits per heavy atom. The number of hydrogen-bond donors (Lipinski definition) is 1. The summed E-state index contributed by atoms with van der Waals surface area (Å²) in [5, 5.41) is 0.810. The fourth-order valence-electron chi connectivity index (χ4n) is 1.41. The van der Waals surface area contributed by atoms with E-state index in [4.69, 9.17) is 4.55 Å². The molecule has 0 fully saturated rings. The molecule has 1 N–H and O–H groups in total. The standard InChI is InChI=1S/C9H11N3O3S2/c1-7-10-9(16-11-7)8-2-4-12(5-3-8)6-17(13,14)15/h2-4H,5-6H2,1H3,(H,13,14,15). The maximum Gasteiger partial charge on any atom is 0.283 e. The molecule has 0 unspecified atom stereocenters. The average molecular weight is 273 g/mol. The van der Waals surface area contributed by atoms with Crippen LogP contribution in [-0.4, -0.2) is 39.6 Å². The molecule has 0 bridgehead atoms. The van der Waals surface area contributed by atoms with Crippen LogP contribution in [0.3, 0.4) is 0 Å². The van der Waals surface area contributed by atoms with E-state index in [1.807, 2.05) is 13.0 Å². The molecule has 6 nitrogen and oxygen atoms in total. The van der Waals surface area contributed by atoms with E-state index in [1.54, 1.807) is 12.3 Å². The first kappa shape index (κ1) is 12.2. The zero-order valence-corrected chi connectivity index (χ0v) is 10.7. The van der Waals surface area contributed by atoms with Crippen molar-refractivity contribution >= 4 is 27.2 Å². The Morgan fingerprint density at radius 1 is 1.59 bits per heavy atom. The van der Waals surface area contributed by atoms with Crippen molar-refractivity contribution in [3.05, 3.63) is 29.2 Å². The lowest BCUT2D eigenvalue weighted by molar-refractivity contribution is 0.419. The summed E-state index contributed by atoms with van der Waals surface area (Å²) < 4.78 is 34.2. The summed E-state index contributed by atoms with van der Waals surface area (Å²) in [6.07, 6.45) is 5.24. The molecule has 0 aliphatic carbocycles. The van der Waals surface area contributed by atoms with E-state index < -0.39 is 16.0 Å². The highest BCUT2D eigenvalue weighted by Gasteiger charge is 2.14. The molecule has 0 spiro atoms. The fourth-order valence-corrected chi connectivity index (χ4v) is 2.71. The molecule has 1 aliphatic rings. The lowest BCUT2D eigenvalue weighted by Gasteiger charge is -2.20. The number of rotatable bonds is 3. The molecule has 1 aliphatic heterocycles. The Hall–Kier alpha value is -1.25. The fraction of sp³-hybridized carbons (Fsp3) is 0.333. The van der Waals surface area contributed by atoms with Crippen molar-refractivity contribution in [3.63, 3.8) is 0 Å². The summed E-state index contributed by atoms with van der Waals surface area (Å²) in [5.41, 5.74) is 0.919. The predicted molar refractivity (Wildman–Crippen MR) is 64.9 cm³/mol. The Kier molecular flexibility index (Phi) is 3.27. The van der Waals surface area contributed by atoms with Gasteiger partial charge in [0.1, 0.15) is 16.7 Å². The minimum absolute atomic E-state index is 0.400. The van der Waals surface area contributed by atoms with Crippen molar-refractivity contribution in [2.75, 3.05) is 12.4 Å². The third kappa shape index (κ3) is 3.35. The lowest BCUT2D eigenvalue weighted by Crippen LogP contribution is -2.26. The lowest BCUT2D eigenvalue weighted by atomic mass is 10.2. The number of allylic oxidation sites excluding steroid dienone is 2. The Morgan fingerprint density at radius 3 is 2.82 bits per heavy atom. The van der Waals surface area contributed by atoms with Crippen molar-refractivity contribution in [2.24, 2.45) is 0 Å². The van der Waals surface area contributed by atoms with Crippen LogP contribution in [0.1, 0.15) is 10.8 Å². The zero-order chi connectivity index (χ0) is 12.5. The van der Waals surface area contributed by atoms with Crippen molar-refractivity contribution in [3.8, 4) is 0 Å². The van der Waals surface area contributed by atoms with Crippen LogP contribution in [0.2, 0.25) is 0 Å². The van der Waals surface area contributed by atoms with Gasteiger partial charge in [0.05, 0.1) is 0 Å². The smallest absolute Gasteiger partial charge is 0.283 e. The highest BCUT2D eigenvalue weighted by Crippen LogP contribution is 2.21. The van der Waals surface area contributed by atoms with Crippen molar-refractivity contribution in [2.45, 2.75) is 6.92 Å². The van der Waals surface area contributed by atoms with Gasteiger partial charge in [-0.3, -0.25) is 4.55 Å². The van der Waals surface area contributed by atoms with Crippen LogP contribution in [0.5, 0.6) is 0 Å². The molecule has 1 aromatic heterocycles. The molecule has 0 aromatic carbocycles. The van der Waals surface area contributed by atoms with E-state index in [-0.39, 0.29) is 0 Å². The second-order valence-corrected chi connectivity index (χ2v) is 5.78. The summed E-state index contributed by atoms with van der Waals surface area (Å²) >= 11 is 1.30. The van der Waals surface area contributed by atoms with Gasteiger partial charge >= 0.3 is 0 Å². The van der Waals surface area contributed by atoms with Crippen molar-refractivity contribution in [1.29, 1.82) is 0 Å². The van der Waals surface area contributed by atoms with Crippen LogP contribution < -0.4 is 0 Å². The van der Waals surface area contributed by atoms with Crippen LogP contribution in [0.4, 0.5) is 0 Å². The van der Waals surface area contributed by atoms with E-state index in [0.717, 1.165) is 16.4 Å². The molecule has 2 rings (SSSR count). The number of aryl methyl sites for hydroxylation is 1. The van der Waals surface area contributed by atoms with E-state index in [1.165, 1.54) is 16.4 Å². The van der Waals surface area contributed by atoms with Gasteiger partial charge in [0.2, 0.25) is 0 Å². The normalized spacial score (nSPS) is 16.1. The molecule has 17 heavy (non-hydrogen) atoms. The van der Waals surface area contributed by atoms with Crippen LogP contribution in [0.25, 0.3) is 5.57 Å². The summed E-state index contributed by atoms with van der Waals surface area (Å²) in [5.74, 6) is 0.322. The SMILES string of the molecule is Cc1nsc(C2=CCN(CS(=O)(=O)O)C=C2)n1. The highest BCUT2D eigenvalue weighted by atomic mass is 32.2. The van der Waals surface area contributed by atoms with Gasteiger partial charge in [0.15, 0.2) is 0 Å². The number of aromatic nitrogens is 2. The molecule has 0 atom stereocenters. The average Bonchev–Trinajstić information content (AvgIpc) is 2.63. The summed E-state index contributed by atoms with van der Waals surface area (Å²) in [6, 6.07) is 0. The van der Waals surface area contributed by atoms with Gasteiger partial charge in [-0.15, -0.1) is 0 Å². The molecule has 0 amide bonds. The number of hydrogen-bond acceptors (Lipinski definition) is 6. The van der Waals surface area contributed by atoms with E-state index in [9.17, 15) is 8.42 Å². The second kappa shape index (κ2) is 4.55. The Balaban J connectivity index is 2.06. The molecule has 0 saturated carbocycles. The highest BCUT2D eigenvalue weighted by molar-refractivity contribution is 7.85. The van der Waals surface area contributed by atoms with E-state index in [0.29, 0.717) is 6.54 Å². The summed E-state index contributed by atoms with van der Waals surface area (Å²) in [6.45, 7) is 2.24. The molecule has 1 aromatic rings. The second-order valence-electron chi connectivity index (χ2n) is 3.60. The molecular formula is C9H11N3O3S2. The molecule has 92 valence electrons. The van der Waals surface area contributed by atoms with Gasteiger partial charge in [-0.2, -0.15) is 12.8 Å². The van der Waals surface area contributed by atoms with Crippen molar-refractivity contribution in [1.82, 2.24) is 14.3 Å². The minimum atomic E-state index is -3.98. The van der Waals surface area contributed by atoms with Crippen LogP contribution in [-0.2, 0) is 10.1 Å². The van der Waals surface area contributed by atoms with Gasteiger partial charge < -0.3 is 4.90 Å². The first-order valence-corrected chi connectivity index (χ1v) is 7.20. The van der Waals surface area contributed by atoms with Gasteiger partial charge in [-0.1, -0.05) is 6.08 Å². The molecule has 0 radical (unpaired) electrons. The molecule has 2 heterocycles. The van der Waals surface area contributed by atoms with Crippen LogP contribution in [0, 0.1) is 6.92 Å². The van der Waals surface area contributed by atoms with Gasteiger partial charge in [-0.05, 0) is 24.5 Å². The van der Waals surface area contributed by atoms with Crippen LogP contribution in [0.15, 0.2) is 18.4 Å². The Bertz CT molecular complexity index is 574. The minimum Gasteiger partial charge on any atom is -0.358 e. The monoisotopic (exact) mass is 273 g/mol. The zero-order valence-electron chi connectivity index (χ0n) is 9.07. The van der Waals surface area contributed by atoms with E-state index >= 15 is 0 Å². The van der Waals surface area contributed by atoms with E-state index in [2.05, 4.69) is 9.36 Å². The predicted octanol–water partition coefficient (Wildman–Crippen LogP) is 0.905. The third-order valence-corrected chi connectivity index (χ3v) is 3.63. The quantitative estimate of drug-likeness (QED) is 0.824. The topological polar surface area (TPSA) is 83.4 Å². The first-order chi connectivity index (χ1) is 7.94. The summed E-state index contributed by atoms with van der Waals surface area (Å²) in [7, 11) is -3.98. The largest absolute Gasteiger partial charge is 0.358 e. The van der Waals surface area contributed by atoms with Gasteiger partial charge in [-0.25, -0.2) is 4.98 Å². The van der Waals surface area contributed by atoms with Gasteiger partial charge in [0, 0.05) is 18.3 Å². The Labute approximate surface area is 103 Å². The first-order valence-electron chi connectivity index (χ1n) is 4.82. The number of nitrogens with zero attached hydrogens (tertiary/aromatic N) is 3. The third-order valence-electron chi connectivity index (χ3n) is 2.11. The van der Waals surface area contributed by atoms with Crippen molar-refractivity contribution < 1.29 is 13.0 Å². The molecule has 8 heteroatoms. The van der Waals surface area contributed by atoms with Gasteiger partial charge in [0.25, 0.3) is 10.1 Å². The maximum atomic E-state index is 10.7. The molecule has 0 saturated heterocycles. The maximum absolute atomic E-state index is 10.7. The summed E-state index contributed by atoms with van der Waals surface area (Å²) in [4.78, 5) is 5.73. The molecular weight excluding hydrogens is 262 g/mol.